The van der Waals surface area contributed by atoms with E-state index in [1.165, 1.54) is 4.90 Å². The first kappa shape index (κ1) is 27.9. The van der Waals surface area contributed by atoms with Crippen LogP contribution < -0.4 is 9.62 Å². The van der Waals surface area contributed by atoms with E-state index in [0.29, 0.717) is 5.69 Å². The number of rotatable bonds is 10. The molecule has 0 fully saturated rings. The van der Waals surface area contributed by atoms with Gasteiger partial charge in [0, 0.05) is 17.1 Å². The maximum atomic E-state index is 13.6. The number of carbonyl (C=O) groups is 2. The number of nitrogens with zero attached hydrogens (tertiary/aromatic N) is 2. The first-order valence-electron chi connectivity index (χ1n) is 11.2. The van der Waals surface area contributed by atoms with Crippen molar-refractivity contribution in [2.24, 2.45) is 0 Å². The lowest BCUT2D eigenvalue weighted by atomic mass is 10.1. The summed E-state index contributed by atoms with van der Waals surface area (Å²) in [6.45, 7) is 9.04. The van der Waals surface area contributed by atoms with Crippen LogP contribution in [-0.4, -0.2) is 50.0 Å². The number of sulfonamides is 1. The zero-order valence-corrected chi connectivity index (χ0v) is 23.0. The van der Waals surface area contributed by atoms with Crippen molar-refractivity contribution in [3.8, 4) is 0 Å². The van der Waals surface area contributed by atoms with Gasteiger partial charge in [0.05, 0.1) is 11.9 Å². The molecule has 2 amide bonds. The van der Waals surface area contributed by atoms with Gasteiger partial charge in [0.15, 0.2) is 0 Å². The van der Waals surface area contributed by atoms with Gasteiger partial charge in [-0.3, -0.25) is 13.9 Å². The van der Waals surface area contributed by atoms with Crippen molar-refractivity contribution in [3.63, 3.8) is 0 Å². The van der Waals surface area contributed by atoms with Gasteiger partial charge in [-0.2, -0.15) is 0 Å². The van der Waals surface area contributed by atoms with Crippen LogP contribution in [0.15, 0.2) is 46.9 Å². The highest BCUT2D eigenvalue weighted by Gasteiger charge is 2.30. The van der Waals surface area contributed by atoms with Crippen LogP contribution in [0.3, 0.4) is 0 Å². The Morgan fingerprint density at radius 2 is 1.68 bits per heavy atom. The number of hydrogen-bond donors (Lipinski definition) is 1. The quantitative estimate of drug-likeness (QED) is 0.480. The first-order chi connectivity index (χ1) is 15.8. The average Bonchev–Trinajstić information content (AvgIpc) is 2.73. The lowest BCUT2D eigenvalue weighted by Gasteiger charge is -2.32. The van der Waals surface area contributed by atoms with E-state index < -0.39 is 28.5 Å². The second-order valence-electron chi connectivity index (χ2n) is 8.76. The monoisotopic (exact) mass is 551 g/mol. The zero-order chi connectivity index (χ0) is 25.6. The predicted molar refractivity (Wildman–Crippen MR) is 140 cm³/mol. The summed E-state index contributed by atoms with van der Waals surface area (Å²) in [4.78, 5) is 27.9. The SMILES string of the molecule is CC[C@H](C)NC(=O)[C@H](C)N(Cc1cccc(Br)c1)C(=O)CN(c1cc(C)cc(C)c1)S(C)(=O)=O. The molecule has 9 heteroatoms. The normalized spacial score (nSPS) is 13.1. The maximum Gasteiger partial charge on any atom is 0.244 e. The fraction of sp³-hybridized carbons (Fsp3) is 0.440. The summed E-state index contributed by atoms with van der Waals surface area (Å²) in [6.07, 6.45) is 1.84. The highest BCUT2D eigenvalue weighted by Crippen LogP contribution is 2.22. The van der Waals surface area contributed by atoms with E-state index in [1.54, 1.807) is 19.1 Å². The molecule has 2 rings (SSSR count). The minimum atomic E-state index is -3.75. The van der Waals surface area contributed by atoms with Crippen molar-refractivity contribution < 1.29 is 18.0 Å². The lowest BCUT2D eigenvalue weighted by molar-refractivity contribution is -0.139. The van der Waals surface area contributed by atoms with Crippen molar-refractivity contribution >= 4 is 43.5 Å². The Morgan fingerprint density at radius 3 is 2.21 bits per heavy atom. The molecular weight excluding hydrogens is 518 g/mol. The molecule has 1 N–H and O–H groups in total. The van der Waals surface area contributed by atoms with Gasteiger partial charge in [0.25, 0.3) is 0 Å². The van der Waals surface area contributed by atoms with Crippen molar-refractivity contribution in [1.82, 2.24) is 10.2 Å². The Hall–Kier alpha value is -2.39. The number of amides is 2. The van der Waals surface area contributed by atoms with Crippen LogP contribution in [0.4, 0.5) is 5.69 Å². The molecule has 0 aliphatic rings. The van der Waals surface area contributed by atoms with E-state index in [-0.39, 0.29) is 18.5 Å². The first-order valence-corrected chi connectivity index (χ1v) is 13.9. The van der Waals surface area contributed by atoms with Gasteiger partial charge >= 0.3 is 0 Å². The number of carbonyl (C=O) groups excluding carboxylic acids is 2. The summed E-state index contributed by atoms with van der Waals surface area (Å²) in [7, 11) is -3.75. The van der Waals surface area contributed by atoms with E-state index in [4.69, 9.17) is 0 Å². The third-order valence-electron chi connectivity index (χ3n) is 5.58. The zero-order valence-electron chi connectivity index (χ0n) is 20.6. The summed E-state index contributed by atoms with van der Waals surface area (Å²) in [5.41, 5.74) is 3.03. The molecule has 0 unspecified atom stereocenters. The van der Waals surface area contributed by atoms with E-state index in [2.05, 4.69) is 21.2 Å². The highest BCUT2D eigenvalue weighted by molar-refractivity contribution is 9.10. The molecule has 0 spiro atoms. The molecule has 0 aliphatic carbocycles. The van der Waals surface area contributed by atoms with Gasteiger partial charge in [0.2, 0.25) is 21.8 Å². The Bertz CT molecular complexity index is 1120. The van der Waals surface area contributed by atoms with Crippen molar-refractivity contribution in [1.29, 1.82) is 0 Å². The second kappa shape index (κ2) is 11.8. The molecule has 0 saturated heterocycles. The van der Waals surface area contributed by atoms with Gasteiger partial charge in [-0.05, 0) is 75.1 Å². The van der Waals surface area contributed by atoms with Gasteiger partial charge in [-0.25, -0.2) is 8.42 Å². The summed E-state index contributed by atoms with van der Waals surface area (Å²) < 4.78 is 27.3. The number of hydrogen-bond acceptors (Lipinski definition) is 4. The Balaban J connectivity index is 2.42. The van der Waals surface area contributed by atoms with E-state index >= 15 is 0 Å². The van der Waals surface area contributed by atoms with Crippen LogP contribution in [-0.2, 0) is 26.2 Å². The number of nitrogens with one attached hydrogen (secondary N) is 1. The molecule has 2 aromatic rings. The van der Waals surface area contributed by atoms with Crippen LogP contribution in [0.25, 0.3) is 0 Å². The minimum absolute atomic E-state index is 0.0411. The standard InChI is InChI=1S/C25H34BrN3O4S/c1-7-19(4)27-25(31)20(5)28(15-21-9-8-10-22(26)14-21)24(30)16-29(34(6,32)33)23-12-17(2)11-18(3)13-23/h8-14,19-20H,7,15-16H2,1-6H3,(H,27,31)/t19-,20-/m0/s1. The third kappa shape index (κ3) is 7.84. The summed E-state index contributed by atoms with van der Waals surface area (Å²) >= 11 is 3.44. The number of benzene rings is 2. The van der Waals surface area contributed by atoms with Gasteiger partial charge in [-0.1, -0.05) is 41.1 Å². The van der Waals surface area contributed by atoms with Gasteiger partial charge in [-0.15, -0.1) is 0 Å². The molecule has 2 aromatic carbocycles. The predicted octanol–water partition coefficient (Wildman–Crippen LogP) is 4.16. The second-order valence-corrected chi connectivity index (χ2v) is 11.6. The molecule has 186 valence electrons. The summed E-state index contributed by atoms with van der Waals surface area (Å²) in [6, 6.07) is 12.0. The van der Waals surface area contributed by atoms with Crippen molar-refractivity contribution in [2.45, 2.75) is 59.7 Å². The number of anilines is 1. The molecule has 0 aliphatic heterocycles. The van der Waals surface area contributed by atoms with Crippen molar-refractivity contribution in [3.05, 3.63) is 63.6 Å². The molecule has 0 bridgehead atoms. The molecule has 0 heterocycles. The van der Waals surface area contributed by atoms with Crippen molar-refractivity contribution in [2.75, 3.05) is 17.1 Å². The molecular formula is C25H34BrN3O4S. The third-order valence-corrected chi connectivity index (χ3v) is 7.22. The Kier molecular flexibility index (Phi) is 9.70. The largest absolute Gasteiger partial charge is 0.352 e. The summed E-state index contributed by atoms with van der Waals surface area (Å²) in [5, 5.41) is 2.92. The minimum Gasteiger partial charge on any atom is -0.352 e. The van der Waals surface area contributed by atoms with Crippen LogP contribution in [0.5, 0.6) is 0 Å². The fourth-order valence-electron chi connectivity index (χ4n) is 3.59. The molecule has 2 atom stereocenters. The number of halogens is 1. The van der Waals surface area contributed by atoms with E-state index in [1.807, 2.05) is 58.0 Å². The van der Waals surface area contributed by atoms with Gasteiger partial charge in [0.1, 0.15) is 12.6 Å². The molecule has 7 nitrogen and oxygen atoms in total. The molecule has 34 heavy (non-hydrogen) atoms. The van der Waals surface area contributed by atoms with Gasteiger partial charge < -0.3 is 10.2 Å². The average molecular weight is 553 g/mol. The lowest BCUT2D eigenvalue weighted by Crippen LogP contribution is -2.52. The van der Waals surface area contributed by atoms with Crippen LogP contribution >= 0.6 is 15.9 Å². The number of aryl methyl sites for hydroxylation is 2. The van der Waals surface area contributed by atoms with Crippen LogP contribution in [0.2, 0.25) is 0 Å². The van der Waals surface area contributed by atoms with E-state index in [9.17, 15) is 18.0 Å². The molecule has 0 radical (unpaired) electrons. The van der Waals surface area contributed by atoms with Crippen LogP contribution in [0, 0.1) is 13.8 Å². The van der Waals surface area contributed by atoms with Crippen LogP contribution in [0.1, 0.15) is 43.9 Å². The highest BCUT2D eigenvalue weighted by atomic mass is 79.9. The molecule has 0 aromatic heterocycles. The summed E-state index contributed by atoms with van der Waals surface area (Å²) in [5.74, 6) is -0.744. The Morgan fingerprint density at radius 1 is 1.06 bits per heavy atom. The maximum absolute atomic E-state index is 13.6. The Labute approximate surface area is 211 Å². The topological polar surface area (TPSA) is 86.8 Å². The molecule has 0 saturated carbocycles. The fourth-order valence-corrected chi connectivity index (χ4v) is 4.87. The smallest absolute Gasteiger partial charge is 0.244 e. The van der Waals surface area contributed by atoms with E-state index in [0.717, 1.165) is 38.1 Å².